The summed E-state index contributed by atoms with van der Waals surface area (Å²) in [5.41, 5.74) is 3.32. The first kappa shape index (κ1) is 18.5. The number of hydrogen-bond donors (Lipinski definition) is 1. The van der Waals surface area contributed by atoms with Crippen LogP contribution in [0.3, 0.4) is 0 Å². The summed E-state index contributed by atoms with van der Waals surface area (Å²) in [6, 6.07) is 0. The Morgan fingerprint density at radius 2 is 1.29 bits per heavy atom. The molecule has 2 heteroatoms. The highest BCUT2D eigenvalue weighted by atomic mass is 15.5. The molecule has 0 unspecified atom stereocenters. The van der Waals surface area contributed by atoms with Crippen molar-refractivity contribution in [3.05, 3.63) is 12.3 Å². The zero-order valence-electron chi connectivity index (χ0n) is 14.4. The summed E-state index contributed by atoms with van der Waals surface area (Å²) >= 11 is 0. The molecule has 0 aromatic heterocycles. The van der Waals surface area contributed by atoms with Gasteiger partial charge in [-0.25, -0.2) is 5.01 Å². The average molecular weight is 295 g/mol. The van der Waals surface area contributed by atoms with Gasteiger partial charge in [0.2, 0.25) is 0 Å². The molecule has 0 bridgehead atoms. The van der Waals surface area contributed by atoms with Crippen molar-refractivity contribution >= 4 is 0 Å². The molecule has 1 saturated heterocycles. The van der Waals surface area contributed by atoms with E-state index >= 15 is 0 Å². The van der Waals surface area contributed by atoms with Gasteiger partial charge in [-0.05, 0) is 19.3 Å². The standard InChI is InChI=1S/C19H38N2/c1-2-3-4-5-6-7-8-9-10-11-12-13-14-15-17-20-21-18-16-19-21/h15,17,20H,2-14,16,18-19H2,1H3. The highest BCUT2D eigenvalue weighted by molar-refractivity contribution is 4.80. The van der Waals surface area contributed by atoms with Gasteiger partial charge in [0.05, 0.1) is 0 Å². The molecule has 124 valence electrons. The number of rotatable bonds is 15. The fourth-order valence-corrected chi connectivity index (χ4v) is 2.79. The maximum atomic E-state index is 3.32. The van der Waals surface area contributed by atoms with Gasteiger partial charge in [-0.15, -0.1) is 0 Å². The monoisotopic (exact) mass is 294 g/mol. The summed E-state index contributed by atoms with van der Waals surface area (Å²) in [6.07, 6.45) is 24.2. The van der Waals surface area contributed by atoms with E-state index in [1.807, 2.05) is 0 Å². The predicted octanol–water partition coefficient (Wildman–Crippen LogP) is 5.80. The van der Waals surface area contributed by atoms with Gasteiger partial charge in [0.15, 0.2) is 0 Å². The lowest BCUT2D eigenvalue weighted by Gasteiger charge is -2.30. The summed E-state index contributed by atoms with van der Waals surface area (Å²) in [5.74, 6) is 0. The van der Waals surface area contributed by atoms with Crippen molar-refractivity contribution in [1.29, 1.82) is 0 Å². The SMILES string of the molecule is CCCCCCCCCCCCCCC=CNN1CCC1. The van der Waals surface area contributed by atoms with Gasteiger partial charge in [0, 0.05) is 19.3 Å². The molecule has 0 aliphatic carbocycles. The van der Waals surface area contributed by atoms with Crippen LogP contribution in [0, 0.1) is 0 Å². The van der Waals surface area contributed by atoms with E-state index in [1.54, 1.807) is 0 Å². The van der Waals surface area contributed by atoms with Crippen molar-refractivity contribution < 1.29 is 0 Å². The van der Waals surface area contributed by atoms with Crippen LogP contribution >= 0.6 is 0 Å². The molecule has 1 N–H and O–H groups in total. The number of nitrogens with zero attached hydrogens (tertiary/aromatic N) is 1. The van der Waals surface area contributed by atoms with Crippen molar-refractivity contribution in [1.82, 2.24) is 10.4 Å². The van der Waals surface area contributed by atoms with Gasteiger partial charge in [-0.1, -0.05) is 83.6 Å². The van der Waals surface area contributed by atoms with Crippen LogP contribution in [0.4, 0.5) is 0 Å². The second kappa shape index (κ2) is 14.4. The summed E-state index contributed by atoms with van der Waals surface area (Å²) in [5, 5.41) is 2.26. The van der Waals surface area contributed by atoms with Gasteiger partial charge < -0.3 is 5.43 Å². The molecule has 0 spiro atoms. The van der Waals surface area contributed by atoms with E-state index in [1.165, 1.54) is 103 Å². The first-order valence-corrected chi connectivity index (χ1v) is 9.59. The van der Waals surface area contributed by atoms with Gasteiger partial charge in [0.25, 0.3) is 0 Å². The third-order valence-electron chi connectivity index (χ3n) is 4.46. The van der Waals surface area contributed by atoms with E-state index in [0.717, 1.165) is 0 Å². The van der Waals surface area contributed by atoms with E-state index in [4.69, 9.17) is 0 Å². The van der Waals surface area contributed by atoms with Crippen LogP contribution in [0.15, 0.2) is 12.3 Å². The van der Waals surface area contributed by atoms with Crippen molar-refractivity contribution in [2.24, 2.45) is 0 Å². The highest BCUT2D eigenvalue weighted by Gasteiger charge is 2.10. The minimum atomic E-state index is 1.21. The average Bonchev–Trinajstić information content (AvgIpc) is 2.45. The maximum absolute atomic E-state index is 3.32. The van der Waals surface area contributed by atoms with Gasteiger partial charge >= 0.3 is 0 Å². The fourth-order valence-electron chi connectivity index (χ4n) is 2.79. The van der Waals surface area contributed by atoms with Crippen LogP contribution in [0.25, 0.3) is 0 Å². The molecule has 2 nitrogen and oxygen atoms in total. The van der Waals surface area contributed by atoms with E-state index in [2.05, 4.69) is 29.6 Å². The molecule has 0 aromatic rings. The molecule has 1 rings (SSSR count). The molecule has 0 aromatic carbocycles. The van der Waals surface area contributed by atoms with Crippen LogP contribution in [0.5, 0.6) is 0 Å². The Labute approximate surface area is 133 Å². The topological polar surface area (TPSA) is 15.3 Å². The molecule has 0 radical (unpaired) electrons. The molecule has 1 heterocycles. The largest absolute Gasteiger partial charge is 0.326 e. The Hall–Kier alpha value is -0.500. The Kier molecular flexibility index (Phi) is 12.8. The van der Waals surface area contributed by atoms with Gasteiger partial charge in [-0.2, -0.15) is 0 Å². The van der Waals surface area contributed by atoms with Crippen LogP contribution in [0.2, 0.25) is 0 Å². The lowest BCUT2D eigenvalue weighted by Crippen LogP contribution is -2.44. The number of nitrogens with one attached hydrogen (secondary N) is 1. The van der Waals surface area contributed by atoms with Crippen LogP contribution in [-0.4, -0.2) is 18.1 Å². The summed E-state index contributed by atoms with van der Waals surface area (Å²) < 4.78 is 0. The number of allylic oxidation sites excluding steroid dienone is 1. The first-order chi connectivity index (χ1) is 10.4. The molecule has 0 amide bonds. The molecule has 0 atom stereocenters. The third kappa shape index (κ3) is 11.8. The minimum absolute atomic E-state index is 1.21. The van der Waals surface area contributed by atoms with Gasteiger partial charge in [-0.3, -0.25) is 0 Å². The summed E-state index contributed by atoms with van der Waals surface area (Å²) in [7, 11) is 0. The van der Waals surface area contributed by atoms with Crippen LogP contribution in [-0.2, 0) is 0 Å². The van der Waals surface area contributed by atoms with Crippen molar-refractivity contribution in [3.63, 3.8) is 0 Å². The maximum Gasteiger partial charge on any atom is 0.0191 e. The second-order valence-electron chi connectivity index (χ2n) is 6.55. The van der Waals surface area contributed by atoms with Crippen molar-refractivity contribution in [2.45, 2.75) is 96.8 Å². The smallest absolute Gasteiger partial charge is 0.0191 e. The van der Waals surface area contributed by atoms with Crippen molar-refractivity contribution in [2.75, 3.05) is 13.1 Å². The van der Waals surface area contributed by atoms with E-state index in [9.17, 15) is 0 Å². The molecular weight excluding hydrogens is 256 g/mol. The van der Waals surface area contributed by atoms with E-state index in [0.29, 0.717) is 0 Å². The normalized spacial score (nSPS) is 15.5. The van der Waals surface area contributed by atoms with Crippen LogP contribution in [0.1, 0.15) is 96.8 Å². The lowest BCUT2D eigenvalue weighted by molar-refractivity contribution is 0.135. The predicted molar refractivity (Wildman–Crippen MR) is 94.2 cm³/mol. The number of hydrazine groups is 1. The number of unbranched alkanes of at least 4 members (excludes halogenated alkanes) is 12. The first-order valence-electron chi connectivity index (χ1n) is 9.59. The summed E-state index contributed by atoms with van der Waals surface area (Å²) in [4.78, 5) is 0. The van der Waals surface area contributed by atoms with Crippen LogP contribution < -0.4 is 5.43 Å². The van der Waals surface area contributed by atoms with E-state index < -0.39 is 0 Å². The molecule has 1 aliphatic rings. The fraction of sp³-hybridized carbons (Fsp3) is 0.895. The van der Waals surface area contributed by atoms with Gasteiger partial charge in [0.1, 0.15) is 0 Å². The van der Waals surface area contributed by atoms with E-state index in [-0.39, 0.29) is 0 Å². The Bertz CT molecular complexity index is 234. The third-order valence-corrected chi connectivity index (χ3v) is 4.46. The zero-order chi connectivity index (χ0) is 15.0. The molecule has 21 heavy (non-hydrogen) atoms. The summed E-state index contributed by atoms with van der Waals surface area (Å²) in [6.45, 7) is 4.71. The quantitative estimate of drug-likeness (QED) is 0.384. The molecule has 0 saturated carbocycles. The Morgan fingerprint density at radius 1 is 0.762 bits per heavy atom. The molecule has 1 fully saturated rings. The highest BCUT2D eigenvalue weighted by Crippen LogP contribution is 2.12. The minimum Gasteiger partial charge on any atom is -0.326 e. The number of hydrogen-bond acceptors (Lipinski definition) is 2. The zero-order valence-corrected chi connectivity index (χ0v) is 14.4. The molecular formula is C19H38N2. The Balaban J connectivity index is 1.66. The lowest BCUT2D eigenvalue weighted by atomic mass is 10.0. The second-order valence-corrected chi connectivity index (χ2v) is 6.55. The van der Waals surface area contributed by atoms with Crippen molar-refractivity contribution in [3.8, 4) is 0 Å². The Morgan fingerprint density at radius 3 is 1.76 bits per heavy atom. The molecule has 1 aliphatic heterocycles.